The van der Waals surface area contributed by atoms with Crippen molar-refractivity contribution >= 4 is 5.69 Å². The quantitative estimate of drug-likeness (QED) is 0.891. The Morgan fingerprint density at radius 3 is 3.05 bits per heavy atom. The highest BCUT2D eigenvalue weighted by Crippen LogP contribution is 2.37. The molecule has 1 unspecified atom stereocenters. The van der Waals surface area contributed by atoms with Gasteiger partial charge in [-0.05, 0) is 54.4 Å². The fourth-order valence-corrected chi connectivity index (χ4v) is 3.64. The third kappa shape index (κ3) is 2.39. The summed E-state index contributed by atoms with van der Waals surface area (Å²) < 4.78 is 5.79. The topological polar surface area (TPSA) is 21.3 Å². The molecule has 2 heteroatoms. The van der Waals surface area contributed by atoms with Crippen molar-refractivity contribution in [2.24, 2.45) is 0 Å². The van der Waals surface area contributed by atoms with Crippen LogP contribution in [0.1, 0.15) is 35.4 Å². The van der Waals surface area contributed by atoms with Gasteiger partial charge in [-0.3, -0.25) is 0 Å². The molecule has 0 radical (unpaired) electrons. The van der Waals surface area contributed by atoms with E-state index in [1.165, 1.54) is 35.2 Å². The fraction of sp³-hybridized carbons (Fsp3) is 0.368. The van der Waals surface area contributed by atoms with Gasteiger partial charge in [0.1, 0.15) is 5.75 Å². The average molecular weight is 279 g/mol. The Hall–Kier alpha value is -1.96. The van der Waals surface area contributed by atoms with Gasteiger partial charge in [0.25, 0.3) is 0 Å². The number of rotatable bonds is 2. The Morgan fingerprint density at radius 1 is 1.10 bits per heavy atom. The van der Waals surface area contributed by atoms with E-state index in [2.05, 4.69) is 47.8 Å². The van der Waals surface area contributed by atoms with Crippen molar-refractivity contribution < 1.29 is 4.74 Å². The molecule has 2 aromatic rings. The molecule has 1 N–H and O–H groups in total. The number of aryl methyl sites for hydroxylation is 1. The van der Waals surface area contributed by atoms with Crippen molar-refractivity contribution in [3.63, 3.8) is 0 Å². The van der Waals surface area contributed by atoms with E-state index in [4.69, 9.17) is 4.74 Å². The van der Waals surface area contributed by atoms with Crippen LogP contribution in [-0.2, 0) is 12.8 Å². The normalized spacial score (nSPS) is 19.9. The molecule has 108 valence electrons. The second-order valence-corrected chi connectivity index (χ2v) is 6.06. The predicted octanol–water partition coefficient (Wildman–Crippen LogP) is 4.15. The van der Waals surface area contributed by atoms with Gasteiger partial charge in [-0.2, -0.15) is 0 Å². The molecule has 2 aliphatic rings. The summed E-state index contributed by atoms with van der Waals surface area (Å²) >= 11 is 0. The Kier molecular flexibility index (Phi) is 3.30. The second kappa shape index (κ2) is 5.44. The number of anilines is 1. The van der Waals surface area contributed by atoms with Gasteiger partial charge in [-0.15, -0.1) is 0 Å². The summed E-state index contributed by atoms with van der Waals surface area (Å²) in [5.74, 6) is 1.65. The lowest BCUT2D eigenvalue weighted by molar-refractivity contribution is 0.266. The lowest BCUT2D eigenvalue weighted by Crippen LogP contribution is -2.18. The first-order chi connectivity index (χ1) is 10.4. The van der Waals surface area contributed by atoms with E-state index in [-0.39, 0.29) is 0 Å². The molecule has 1 atom stereocenters. The molecular weight excluding hydrogens is 258 g/mol. The Labute approximate surface area is 126 Å². The summed E-state index contributed by atoms with van der Waals surface area (Å²) in [5.41, 5.74) is 5.72. The zero-order chi connectivity index (χ0) is 14.1. The maximum absolute atomic E-state index is 5.79. The summed E-state index contributed by atoms with van der Waals surface area (Å²) in [7, 11) is 0. The summed E-state index contributed by atoms with van der Waals surface area (Å²) in [6.45, 7) is 1.94. The molecule has 2 aliphatic heterocycles. The van der Waals surface area contributed by atoms with Crippen LogP contribution in [0.3, 0.4) is 0 Å². The zero-order valence-electron chi connectivity index (χ0n) is 12.3. The number of hydrogen-bond acceptors (Lipinski definition) is 2. The van der Waals surface area contributed by atoms with Gasteiger partial charge in [-0.25, -0.2) is 0 Å². The van der Waals surface area contributed by atoms with Gasteiger partial charge in [0.2, 0.25) is 0 Å². The average Bonchev–Trinajstić information content (AvgIpc) is 2.56. The zero-order valence-corrected chi connectivity index (χ0v) is 12.3. The molecule has 21 heavy (non-hydrogen) atoms. The Morgan fingerprint density at radius 2 is 2.05 bits per heavy atom. The smallest absolute Gasteiger partial charge is 0.122 e. The first-order valence-corrected chi connectivity index (χ1v) is 7.98. The maximum Gasteiger partial charge on any atom is 0.122 e. The molecule has 0 bridgehead atoms. The molecule has 0 aromatic heterocycles. The minimum atomic E-state index is 0.574. The highest BCUT2D eigenvalue weighted by atomic mass is 16.5. The van der Waals surface area contributed by atoms with Gasteiger partial charge in [0.15, 0.2) is 0 Å². The number of nitrogens with one attached hydrogen (secondary N) is 1. The Bertz CT molecular complexity index is 650. The van der Waals surface area contributed by atoms with E-state index in [9.17, 15) is 0 Å². The van der Waals surface area contributed by atoms with Crippen LogP contribution in [0.25, 0.3) is 0 Å². The minimum Gasteiger partial charge on any atom is -0.493 e. The standard InChI is InChI=1S/C19H21NO/c1-2-9-18-17(8-1)15(10-12-21-18)13-16-6-3-5-14-7-4-11-20-19(14)16/h1-3,5-6,8-9,15,20H,4,7,10-13H2. The number of fused-ring (bicyclic) bond motifs is 2. The predicted molar refractivity (Wildman–Crippen MR) is 86.3 cm³/mol. The van der Waals surface area contributed by atoms with Crippen molar-refractivity contribution in [1.29, 1.82) is 0 Å². The van der Waals surface area contributed by atoms with E-state index >= 15 is 0 Å². The van der Waals surface area contributed by atoms with Crippen LogP contribution in [0.5, 0.6) is 5.75 Å². The Balaban J connectivity index is 1.66. The first-order valence-electron chi connectivity index (χ1n) is 7.98. The van der Waals surface area contributed by atoms with E-state index in [1.807, 2.05) is 0 Å². The van der Waals surface area contributed by atoms with Crippen LogP contribution in [0.4, 0.5) is 5.69 Å². The SMILES string of the molecule is c1cc2c(c(CC3CCOc4ccccc43)c1)NCCC2. The van der Waals surface area contributed by atoms with Crippen LogP contribution in [0.15, 0.2) is 42.5 Å². The molecule has 0 amide bonds. The minimum absolute atomic E-state index is 0.574. The highest BCUT2D eigenvalue weighted by molar-refractivity contribution is 5.59. The second-order valence-electron chi connectivity index (χ2n) is 6.06. The van der Waals surface area contributed by atoms with Crippen molar-refractivity contribution in [3.05, 3.63) is 59.2 Å². The molecule has 0 spiro atoms. The summed E-state index contributed by atoms with van der Waals surface area (Å²) in [6, 6.07) is 15.3. The molecule has 0 saturated heterocycles. The maximum atomic E-state index is 5.79. The third-order valence-electron chi connectivity index (χ3n) is 4.71. The first kappa shape index (κ1) is 12.8. The lowest BCUT2D eigenvalue weighted by Gasteiger charge is -2.28. The lowest BCUT2D eigenvalue weighted by atomic mass is 9.85. The van der Waals surface area contributed by atoms with Gasteiger partial charge in [0.05, 0.1) is 6.61 Å². The van der Waals surface area contributed by atoms with Crippen LogP contribution >= 0.6 is 0 Å². The van der Waals surface area contributed by atoms with Gasteiger partial charge in [-0.1, -0.05) is 36.4 Å². The summed E-state index contributed by atoms with van der Waals surface area (Å²) in [6.07, 6.45) is 4.67. The summed E-state index contributed by atoms with van der Waals surface area (Å²) in [5, 5.41) is 3.61. The monoisotopic (exact) mass is 279 g/mol. The van der Waals surface area contributed by atoms with Gasteiger partial charge in [0, 0.05) is 12.2 Å². The molecule has 0 saturated carbocycles. The van der Waals surface area contributed by atoms with Crippen molar-refractivity contribution in [1.82, 2.24) is 0 Å². The van der Waals surface area contributed by atoms with Crippen LogP contribution in [-0.4, -0.2) is 13.2 Å². The third-order valence-corrected chi connectivity index (χ3v) is 4.71. The summed E-state index contributed by atoms with van der Waals surface area (Å²) in [4.78, 5) is 0. The molecule has 2 aromatic carbocycles. The van der Waals surface area contributed by atoms with E-state index in [0.717, 1.165) is 31.7 Å². The van der Waals surface area contributed by atoms with Crippen molar-refractivity contribution in [3.8, 4) is 5.75 Å². The molecule has 2 nitrogen and oxygen atoms in total. The molecule has 0 aliphatic carbocycles. The molecular formula is C19H21NO. The van der Waals surface area contributed by atoms with E-state index in [0.29, 0.717) is 5.92 Å². The van der Waals surface area contributed by atoms with Crippen molar-refractivity contribution in [2.45, 2.75) is 31.6 Å². The molecule has 2 heterocycles. The number of benzene rings is 2. The van der Waals surface area contributed by atoms with Crippen LogP contribution in [0.2, 0.25) is 0 Å². The van der Waals surface area contributed by atoms with Crippen LogP contribution < -0.4 is 10.1 Å². The van der Waals surface area contributed by atoms with Crippen LogP contribution in [0, 0.1) is 0 Å². The van der Waals surface area contributed by atoms with E-state index in [1.54, 1.807) is 0 Å². The fourth-order valence-electron chi connectivity index (χ4n) is 3.64. The number of para-hydroxylation sites is 2. The number of hydrogen-bond donors (Lipinski definition) is 1. The van der Waals surface area contributed by atoms with Gasteiger partial charge >= 0.3 is 0 Å². The molecule has 0 fully saturated rings. The number of ether oxygens (including phenoxy) is 1. The van der Waals surface area contributed by atoms with Gasteiger partial charge < -0.3 is 10.1 Å². The largest absolute Gasteiger partial charge is 0.493 e. The highest BCUT2D eigenvalue weighted by Gasteiger charge is 2.23. The molecule has 4 rings (SSSR count). The van der Waals surface area contributed by atoms with E-state index < -0.39 is 0 Å². The van der Waals surface area contributed by atoms with Crippen molar-refractivity contribution in [2.75, 3.05) is 18.5 Å².